The molecule has 2 N–H and O–H groups in total. The number of nitrogens with zero attached hydrogens (tertiary/aromatic N) is 2. The zero-order valence-corrected chi connectivity index (χ0v) is 25.3. The molecule has 8 heteroatoms. The molecule has 0 fully saturated rings. The summed E-state index contributed by atoms with van der Waals surface area (Å²) >= 11 is 0. The van der Waals surface area contributed by atoms with E-state index in [-0.39, 0.29) is 11.4 Å². The quantitative estimate of drug-likeness (QED) is 0.293. The largest absolute Gasteiger partial charge is 0.496 e. The van der Waals surface area contributed by atoms with Crippen molar-refractivity contribution in [3.63, 3.8) is 0 Å². The average Bonchev–Trinajstić information content (AvgIpc) is 2.91. The number of benzene rings is 3. The van der Waals surface area contributed by atoms with Gasteiger partial charge in [-0.25, -0.2) is 9.18 Å². The van der Waals surface area contributed by atoms with E-state index >= 15 is 0 Å². The third kappa shape index (κ3) is 7.00. The zero-order chi connectivity index (χ0) is 29.9. The van der Waals surface area contributed by atoms with Crippen molar-refractivity contribution < 1.29 is 18.7 Å². The van der Waals surface area contributed by atoms with Gasteiger partial charge in [0.15, 0.2) is 0 Å². The van der Waals surface area contributed by atoms with Crippen molar-refractivity contribution in [1.29, 1.82) is 0 Å². The van der Waals surface area contributed by atoms with Crippen LogP contribution >= 0.6 is 0 Å². The first-order valence-corrected chi connectivity index (χ1v) is 13.8. The van der Waals surface area contributed by atoms with E-state index in [0.29, 0.717) is 24.6 Å². The molecule has 0 atom stereocenters. The lowest BCUT2D eigenvalue weighted by Crippen LogP contribution is -2.35. The summed E-state index contributed by atoms with van der Waals surface area (Å²) in [7, 11) is 7.24. The van der Waals surface area contributed by atoms with E-state index < -0.39 is 6.09 Å². The minimum Gasteiger partial charge on any atom is -0.496 e. The van der Waals surface area contributed by atoms with Crippen molar-refractivity contribution in [2.45, 2.75) is 39.8 Å². The topological polar surface area (TPSA) is 66.1 Å². The highest BCUT2D eigenvalue weighted by molar-refractivity contribution is 5.89. The standard InChI is InChI=1S/C33H41FN4O3/c1-21-9-10-23(34)17-29(21)35-20-27-25(13-14-28-31(27)22(2)19-33(3,4)36-28)26-12-11-24(18-30(26)40-8)41-32(39)38(7)16-15-37(5)6/h9-14,17-19,35-36H,15-16,20H2,1-8H3. The van der Waals surface area contributed by atoms with Crippen LogP contribution < -0.4 is 20.1 Å². The maximum absolute atomic E-state index is 14.1. The molecule has 0 radical (unpaired) electrons. The van der Waals surface area contributed by atoms with Gasteiger partial charge in [-0.2, -0.15) is 0 Å². The van der Waals surface area contributed by atoms with Gasteiger partial charge < -0.3 is 29.9 Å². The first-order valence-electron chi connectivity index (χ1n) is 13.8. The van der Waals surface area contributed by atoms with Gasteiger partial charge in [0.05, 0.1) is 12.6 Å². The monoisotopic (exact) mass is 560 g/mol. The fourth-order valence-corrected chi connectivity index (χ4v) is 5.18. The summed E-state index contributed by atoms with van der Waals surface area (Å²) in [6, 6.07) is 14.4. The van der Waals surface area contributed by atoms with Gasteiger partial charge in [0, 0.05) is 55.2 Å². The highest BCUT2D eigenvalue weighted by atomic mass is 19.1. The van der Waals surface area contributed by atoms with Crippen molar-refractivity contribution in [1.82, 2.24) is 9.80 Å². The summed E-state index contributed by atoms with van der Waals surface area (Å²) in [5.74, 6) is 0.701. The van der Waals surface area contributed by atoms with Crippen molar-refractivity contribution in [3.8, 4) is 22.6 Å². The number of fused-ring (bicyclic) bond motifs is 1. The van der Waals surface area contributed by atoms with Gasteiger partial charge in [-0.05, 0) is 94.4 Å². The molecule has 0 spiro atoms. The van der Waals surface area contributed by atoms with Gasteiger partial charge >= 0.3 is 6.09 Å². The Balaban J connectivity index is 1.73. The number of anilines is 2. The highest BCUT2D eigenvalue weighted by Crippen LogP contribution is 2.43. The summed E-state index contributed by atoms with van der Waals surface area (Å²) in [6.45, 7) is 10.1. The molecule has 7 nitrogen and oxygen atoms in total. The third-order valence-corrected chi connectivity index (χ3v) is 7.26. The summed E-state index contributed by atoms with van der Waals surface area (Å²) in [5, 5.41) is 7.10. The number of carbonyl (C=O) groups is 1. The normalized spacial score (nSPS) is 13.7. The van der Waals surface area contributed by atoms with Crippen molar-refractivity contribution in [3.05, 3.63) is 77.1 Å². The molecule has 0 aliphatic carbocycles. The van der Waals surface area contributed by atoms with E-state index in [9.17, 15) is 9.18 Å². The lowest BCUT2D eigenvalue weighted by atomic mass is 9.85. The molecule has 0 saturated carbocycles. The number of methoxy groups -OCH3 is 1. The smallest absolute Gasteiger partial charge is 0.415 e. The van der Waals surface area contributed by atoms with Crippen LogP contribution in [-0.2, 0) is 6.54 Å². The predicted octanol–water partition coefficient (Wildman–Crippen LogP) is 7.02. The predicted molar refractivity (Wildman–Crippen MR) is 165 cm³/mol. The number of carbonyl (C=O) groups excluding carboxylic acids is 1. The molecule has 0 unspecified atom stereocenters. The maximum atomic E-state index is 14.1. The summed E-state index contributed by atoms with van der Waals surface area (Å²) in [6.07, 6.45) is 1.79. The zero-order valence-electron chi connectivity index (χ0n) is 25.3. The number of nitrogens with one attached hydrogen (secondary N) is 2. The molecule has 1 heterocycles. The van der Waals surface area contributed by atoms with Crippen molar-refractivity contribution in [2.75, 3.05) is 52.0 Å². The molecule has 0 saturated heterocycles. The van der Waals surface area contributed by atoms with Crippen LogP contribution in [0.15, 0.2) is 54.6 Å². The molecule has 218 valence electrons. The van der Waals surface area contributed by atoms with Gasteiger partial charge in [-0.3, -0.25) is 0 Å². The summed E-state index contributed by atoms with van der Waals surface area (Å²) in [5.41, 5.74) is 7.69. The molecule has 41 heavy (non-hydrogen) atoms. The molecule has 1 aliphatic rings. The van der Waals surface area contributed by atoms with Crippen LogP contribution in [0.1, 0.15) is 37.5 Å². The fourth-order valence-electron chi connectivity index (χ4n) is 5.18. The Labute approximate surface area is 242 Å². The second-order valence-electron chi connectivity index (χ2n) is 11.5. The molecular weight excluding hydrogens is 519 g/mol. The number of ether oxygens (including phenoxy) is 2. The molecule has 3 aromatic rings. The number of hydrogen-bond donors (Lipinski definition) is 2. The van der Waals surface area contributed by atoms with E-state index in [0.717, 1.165) is 51.3 Å². The Kier molecular flexibility index (Phi) is 8.92. The van der Waals surface area contributed by atoms with Crippen LogP contribution in [-0.4, -0.2) is 62.8 Å². The minimum absolute atomic E-state index is 0.189. The van der Waals surface area contributed by atoms with Crippen LogP contribution in [0.4, 0.5) is 20.6 Å². The number of likely N-dealkylation sites (N-methyl/N-ethyl adjacent to an activating group) is 2. The van der Waals surface area contributed by atoms with Crippen molar-refractivity contribution in [2.24, 2.45) is 0 Å². The van der Waals surface area contributed by atoms with E-state index in [2.05, 4.69) is 49.6 Å². The Hall–Kier alpha value is -4.04. The molecule has 1 amide bonds. The Morgan fingerprint density at radius 3 is 2.44 bits per heavy atom. The minimum atomic E-state index is -0.430. The Bertz CT molecular complexity index is 1470. The second-order valence-corrected chi connectivity index (χ2v) is 11.5. The molecule has 0 aromatic heterocycles. The van der Waals surface area contributed by atoms with Crippen LogP contribution in [0, 0.1) is 12.7 Å². The fraction of sp³-hybridized carbons (Fsp3) is 0.364. The lowest BCUT2D eigenvalue weighted by molar-refractivity contribution is 0.159. The first kappa shape index (κ1) is 29.9. The highest BCUT2D eigenvalue weighted by Gasteiger charge is 2.27. The third-order valence-electron chi connectivity index (χ3n) is 7.26. The molecule has 1 aliphatic heterocycles. The van der Waals surface area contributed by atoms with Crippen LogP contribution in [0.2, 0.25) is 0 Å². The summed E-state index contributed by atoms with van der Waals surface area (Å²) < 4.78 is 25.5. The number of allylic oxidation sites excluding steroid dienone is 1. The van der Waals surface area contributed by atoms with Gasteiger partial charge in [-0.15, -0.1) is 0 Å². The molecule has 4 rings (SSSR count). The van der Waals surface area contributed by atoms with E-state index in [1.807, 2.05) is 32.0 Å². The Morgan fingerprint density at radius 1 is 1.00 bits per heavy atom. The first-order chi connectivity index (χ1) is 19.4. The van der Waals surface area contributed by atoms with Crippen LogP contribution in [0.25, 0.3) is 16.7 Å². The van der Waals surface area contributed by atoms with E-state index in [1.165, 1.54) is 12.1 Å². The number of rotatable bonds is 9. The van der Waals surface area contributed by atoms with Gasteiger partial charge in [0.1, 0.15) is 17.3 Å². The molecule has 0 bridgehead atoms. The van der Waals surface area contributed by atoms with E-state index in [1.54, 1.807) is 37.3 Å². The summed E-state index contributed by atoms with van der Waals surface area (Å²) in [4.78, 5) is 16.2. The van der Waals surface area contributed by atoms with Gasteiger partial charge in [0.25, 0.3) is 0 Å². The van der Waals surface area contributed by atoms with Crippen LogP contribution in [0.5, 0.6) is 11.5 Å². The van der Waals surface area contributed by atoms with Crippen molar-refractivity contribution >= 4 is 23.0 Å². The number of halogens is 1. The number of hydrogen-bond acceptors (Lipinski definition) is 6. The van der Waals surface area contributed by atoms with Gasteiger partial charge in [0.2, 0.25) is 0 Å². The lowest BCUT2D eigenvalue weighted by Gasteiger charge is -2.33. The number of amides is 1. The maximum Gasteiger partial charge on any atom is 0.415 e. The molecular formula is C33H41FN4O3. The van der Waals surface area contributed by atoms with Crippen LogP contribution in [0.3, 0.4) is 0 Å². The second kappa shape index (κ2) is 12.2. The number of aryl methyl sites for hydroxylation is 1. The Morgan fingerprint density at radius 2 is 1.73 bits per heavy atom. The van der Waals surface area contributed by atoms with Gasteiger partial charge in [-0.1, -0.05) is 18.2 Å². The molecule has 3 aromatic carbocycles. The van der Waals surface area contributed by atoms with E-state index in [4.69, 9.17) is 9.47 Å². The SMILES string of the molecule is COc1cc(OC(=O)N(C)CCN(C)C)ccc1-c1ccc2c(c1CNc1cc(F)ccc1C)C(C)=CC(C)(C)N2. The average molecular weight is 561 g/mol.